The van der Waals surface area contributed by atoms with Gasteiger partial charge < -0.3 is 52.1 Å². The molecule has 7 aromatic carbocycles. The SMILES string of the molecule is CO[C@H]1O[C@H](CO[C@@H]2O[C@H](COC(=O)c3ccccc3)[C@H](OC(=O)c3ccccc3)[C@H](OC(=O)c3ccccc3)[C@H]2OC(=O)c2ccccc2)[C@@H](OCc2ccccc2)[C@H](OCc2ccccc2)[C@H]1OCc1ccccc1. The first-order chi connectivity index (χ1) is 37.8. The van der Waals surface area contributed by atoms with Crippen LogP contribution in [0.25, 0.3) is 0 Å². The summed E-state index contributed by atoms with van der Waals surface area (Å²) in [6.45, 7) is -0.437. The zero-order valence-electron chi connectivity index (χ0n) is 42.1. The van der Waals surface area contributed by atoms with Crippen molar-refractivity contribution in [3.63, 3.8) is 0 Å². The van der Waals surface area contributed by atoms with Gasteiger partial charge in [-0.25, -0.2) is 19.2 Å². The van der Waals surface area contributed by atoms with Crippen molar-refractivity contribution >= 4 is 23.9 Å². The van der Waals surface area contributed by atoms with E-state index in [2.05, 4.69) is 0 Å². The first kappa shape index (κ1) is 53.9. The van der Waals surface area contributed by atoms with Crippen molar-refractivity contribution in [2.45, 2.75) is 81.2 Å². The molecule has 2 saturated heterocycles. The van der Waals surface area contributed by atoms with Crippen LogP contribution in [0.5, 0.6) is 0 Å². The van der Waals surface area contributed by atoms with Gasteiger partial charge in [0.2, 0.25) is 0 Å². The molecule has 0 amide bonds. The van der Waals surface area contributed by atoms with Crippen LogP contribution in [-0.4, -0.2) is 106 Å². The smallest absolute Gasteiger partial charge is 0.338 e. The second-order valence-corrected chi connectivity index (χ2v) is 18.1. The van der Waals surface area contributed by atoms with Crippen molar-refractivity contribution in [3.05, 3.63) is 251 Å². The van der Waals surface area contributed by atoms with E-state index in [4.69, 9.17) is 52.1 Å². The Morgan fingerprint density at radius 2 is 0.675 bits per heavy atom. The Hall–Kier alpha value is -7.86. The third-order valence-corrected chi connectivity index (χ3v) is 12.8. The van der Waals surface area contributed by atoms with Crippen LogP contribution in [0.3, 0.4) is 0 Å². The highest BCUT2D eigenvalue weighted by molar-refractivity contribution is 5.91. The molecular formula is C62H58O15. The fourth-order valence-electron chi connectivity index (χ4n) is 8.92. The standard InChI is InChI=1S/C62H58O15/c1-67-61-55(70-39-44-27-13-4-14-28-44)53(69-38-43-25-11-3-12-26-43)51(68-37-42-23-9-2-10-24-42)49(73-61)41-72-62-56(77-60(66)48-35-21-8-22-36-48)54(76-59(65)47-33-19-7-20-34-47)52(75-58(64)46-31-17-6-18-32-46)50(74-62)40-71-57(63)45-29-15-5-16-30-45/h2-36,49-56,61-62H,37-41H2,1H3/t49-,50-,51-,52+,53+,54+,55-,56-,61+,62-/m1/s1. The van der Waals surface area contributed by atoms with Crippen molar-refractivity contribution in [1.29, 1.82) is 0 Å². The molecule has 7 aromatic rings. The summed E-state index contributed by atoms with van der Waals surface area (Å²) in [5.74, 6) is -3.26. The summed E-state index contributed by atoms with van der Waals surface area (Å²) < 4.78 is 71.3. The molecule has 2 aliphatic rings. The molecule has 2 heterocycles. The van der Waals surface area contributed by atoms with E-state index in [1.165, 1.54) is 7.11 Å². The maximum Gasteiger partial charge on any atom is 0.338 e. The second-order valence-electron chi connectivity index (χ2n) is 18.1. The van der Waals surface area contributed by atoms with Crippen LogP contribution < -0.4 is 0 Å². The Kier molecular flexibility index (Phi) is 19.1. The van der Waals surface area contributed by atoms with Crippen LogP contribution in [0.2, 0.25) is 0 Å². The summed E-state index contributed by atoms with van der Waals surface area (Å²) in [4.78, 5) is 56.4. The van der Waals surface area contributed by atoms with Gasteiger partial charge in [-0.2, -0.15) is 0 Å². The van der Waals surface area contributed by atoms with Gasteiger partial charge in [0.25, 0.3) is 0 Å². The van der Waals surface area contributed by atoms with Crippen molar-refractivity contribution in [2.24, 2.45) is 0 Å². The number of benzene rings is 7. The van der Waals surface area contributed by atoms with Crippen LogP contribution in [0.15, 0.2) is 212 Å². The maximum atomic E-state index is 14.3. The molecular weight excluding hydrogens is 985 g/mol. The topological polar surface area (TPSA) is 170 Å². The van der Waals surface area contributed by atoms with E-state index in [1.807, 2.05) is 91.0 Å². The number of rotatable bonds is 22. The summed E-state index contributed by atoms with van der Waals surface area (Å²) >= 11 is 0. The third-order valence-electron chi connectivity index (χ3n) is 12.8. The van der Waals surface area contributed by atoms with Gasteiger partial charge in [-0.1, -0.05) is 164 Å². The quantitative estimate of drug-likeness (QED) is 0.0464. The molecule has 0 spiro atoms. The lowest BCUT2D eigenvalue weighted by atomic mass is 9.96. The fraction of sp³-hybridized carbons (Fsp3) is 0.258. The number of carbonyl (C=O) groups excluding carboxylic acids is 4. The summed E-state index contributed by atoms with van der Waals surface area (Å²) in [5, 5.41) is 0. The number of ether oxygens (including phenoxy) is 11. The monoisotopic (exact) mass is 1040 g/mol. The van der Waals surface area contributed by atoms with Gasteiger partial charge in [0.05, 0.1) is 48.7 Å². The largest absolute Gasteiger partial charge is 0.459 e. The number of hydrogen-bond donors (Lipinski definition) is 0. The van der Waals surface area contributed by atoms with Gasteiger partial charge in [0, 0.05) is 7.11 Å². The molecule has 10 atom stereocenters. The molecule has 77 heavy (non-hydrogen) atoms. The molecule has 9 rings (SSSR count). The van der Waals surface area contributed by atoms with Gasteiger partial charge >= 0.3 is 23.9 Å². The van der Waals surface area contributed by atoms with E-state index in [9.17, 15) is 19.2 Å². The highest BCUT2D eigenvalue weighted by atomic mass is 16.8. The lowest BCUT2D eigenvalue weighted by Crippen LogP contribution is -2.64. The Labute approximate surface area is 446 Å². The number of hydrogen-bond acceptors (Lipinski definition) is 15. The molecule has 0 N–H and O–H groups in total. The predicted molar refractivity (Wildman–Crippen MR) is 279 cm³/mol. The molecule has 0 aliphatic carbocycles. The zero-order valence-corrected chi connectivity index (χ0v) is 42.1. The van der Waals surface area contributed by atoms with E-state index in [1.54, 1.807) is 121 Å². The molecule has 2 fully saturated rings. The molecule has 0 saturated carbocycles. The number of carbonyl (C=O) groups is 4. The summed E-state index contributed by atoms with van der Waals surface area (Å²) in [5.41, 5.74) is 3.31. The Balaban J connectivity index is 1.10. The van der Waals surface area contributed by atoms with E-state index < -0.39 is 91.9 Å². The minimum atomic E-state index is -1.66. The molecule has 0 bridgehead atoms. The molecule has 396 valence electrons. The normalized spacial score (nSPS) is 23.0. The number of methoxy groups -OCH3 is 1. The van der Waals surface area contributed by atoms with E-state index in [0.717, 1.165) is 16.7 Å². The Bertz CT molecular complexity index is 2920. The second kappa shape index (κ2) is 27.3. The van der Waals surface area contributed by atoms with Crippen molar-refractivity contribution < 1.29 is 71.3 Å². The summed E-state index contributed by atoms with van der Waals surface area (Å²) in [6, 6.07) is 61.6. The lowest BCUT2D eigenvalue weighted by molar-refractivity contribution is -0.340. The van der Waals surface area contributed by atoms with Crippen molar-refractivity contribution in [2.75, 3.05) is 20.3 Å². The minimum Gasteiger partial charge on any atom is -0.459 e. The van der Waals surface area contributed by atoms with Crippen LogP contribution in [0, 0.1) is 0 Å². The van der Waals surface area contributed by atoms with Crippen molar-refractivity contribution in [1.82, 2.24) is 0 Å². The highest BCUT2D eigenvalue weighted by Gasteiger charge is 2.55. The van der Waals surface area contributed by atoms with Crippen LogP contribution in [0.1, 0.15) is 58.1 Å². The Morgan fingerprint density at radius 3 is 1.10 bits per heavy atom. The molecule has 15 nitrogen and oxygen atoms in total. The lowest BCUT2D eigenvalue weighted by Gasteiger charge is -2.47. The fourth-order valence-corrected chi connectivity index (χ4v) is 8.92. The maximum absolute atomic E-state index is 14.3. The molecule has 2 aliphatic heterocycles. The zero-order chi connectivity index (χ0) is 53.2. The predicted octanol–water partition coefficient (Wildman–Crippen LogP) is 9.39. The van der Waals surface area contributed by atoms with E-state index in [0.29, 0.717) is 0 Å². The van der Waals surface area contributed by atoms with Crippen LogP contribution >= 0.6 is 0 Å². The average Bonchev–Trinajstić information content (AvgIpc) is 3.50. The van der Waals surface area contributed by atoms with Gasteiger partial charge in [0.1, 0.15) is 37.1 Å². The summed E-state index contributed by atoms with van der Waals surface area (Å²) in [6.07, 6.45) is -12.7. The van der Waals surface area contributed by atoms with E-state index in [-0.39, 0.29) is 48.7 Å². The third kappa shape index (κ3) is 14.5. The van der Waals surface area contributed by atoms with E-state index >= 15 is 0 Å². The van der Waals surface area contributed by atoms with Gasteiger partial charge in [-0.05, 0) is 65.2 Å². The highest BCUT2D eigenvalue weighted by Crippen LogP contribution is 2.35. The molecule has 0 unspecified atom stereocenters. The number of esters is 4. The molecule has 0 radical (unpaired) electrons. The molecule has 0 aromatic heterocycles. The van der Waals surface area contributed by atoms with Crippen LogP contribution in [-0.2, 0) is 71.9 Å². The minimum absolute atomic E-state index is 0.123. The average molecular weight is 1040 g/mol. The van der Waals surface area contributed by atoms with Gasteiger partial charge in [0.15, 0.2) is 30.9 Å². The van der Waals surface area contributed by atoms with Gasteiger partial charge in [-0.15, -0.1) is 0 Å². The Morgan fingerprint density at radius 1 is 0.338 bits per heavy atom. The van der Waals surface area contributed by atoms with Crippen LogP contribution in [0.4, 0.5) is 0 Å². The molecule has 15 heteroatoms. The first-order valence-corrected chi connectivity index (χ1v) is 25.2. The first-order valence-electron chi connectivity index (χ1n) is 25.2. The van der Waals surface area contributed by atoms with Crippen molar-refractivity contribution in [3.8, 4) is 0 Å². The summed E-state index contributed by atoms with van der Waals surface area (Å²) in [7, 11) is 1.49. The van der Waals surface area contributed by atoms with Gasteiger partial charge in [-0.3, -0.25) is 0 Å².